The third kappa shape index (κ3) is 4.30. The monoisotopic (exact) mass is 516 g/mol. The Morgan fingerprint density at radius 1 is 1.03 bits per heavy atom. The van der Waals surface area contributed by atoms with Gasteiger partial charge in [0, 0.05) is 30.9 Å². The number of pyridine rings is 1. The number of aliphatic hydroxyl groups excluding tert-OH is 1. The first-order chi connectivity index (χ1) is 18.4. The third-order valence-electron chi connectivity index (χ3n) is 6.81. The van der Waals surface area contributed by atoms with Gasteiger partial charge in [0.15, 0.2) is 11.5 Å². The summed E-state index contributed by atoms with van der Waals surface area (Å²) in [5, 5.41) is 11.5. The van der Waals surface area contributed by atoms with E-state index in [0.29, 0.717) is 34.8 Å². The van der Waals surface area contributed by atoms with Crippen molar-refractivity contribution in [2.24, 2.45) is 0 Å². The van der Waals surface area contributed by atoms with E-state index >= 15 is 0 Å². The summed E-state index contributed by atoms with van der Waals surface area (Å²) in [5.74, 6) is 0.0771. The SMILES string of the molecule is COc1cc(C2/C(=C(\O)c3ccc4c(c3)CC(C)O4)C(=O)C(=O)N2Cc2ccncc2)cc(OC)c1OC. The molecule has 2 aliphatic heterocycles. The van der Waals surface area contributed by atoms with Crippen LogP contribution in [-0.2, 0) is 22.6 Å². The van der Waals surface area contributed by atoms with Gasteiger partial charge in [-0.25, -0.2) is 0 Å². The predicted molar refractivity (Wildman–Crippen MR) is 138 cm³/mol. The molecule has 2 aliphatic rings. The topological polar surface area (TPSA) is 107 Å². The zero-order chi connectivity index (χ0) is 27.0. The number of rotatable bonds is 7. The van der Waals surface area contributed by atoms with Gasteiger partial charge in [0.1, 0.15) is 17.6 Å². The van der Waals surface area contributed by atoms with Crippen molar-refractivity contribution in [2.45, 2.75) is 32.0 Å². The molecule has 196 valence electrons. The highest BCUT2D eigenvalue weighted by atomic mass is 16.5. The van der Waals surface area contributed by atoms with Crippen molar-refractivity contribution in [1.29, 1.82) is 0 Å². The Balaban J connectivity index is 1.69. The van der Waals surface area contributed by atoms with Crippen molar-refractivity contribution in [3.8, 4) is 23.0 Å². The summed E-state index contributed by atoms with van der Waals surface area (Å²) in [6, 6.07) is 11.3. The molecule has 0 saturated carbocycles. The summed E-state index contributed by atoms with van der Waals surface area (Å²) in [6.07, 6.45) is 3.94. The fourth-order valence-corrected chi connectivity index (χ4v) is 5.06. The number of ketones is 1. The van der Waals surface area contributed by atoms with E-state index in [9.17, 15) is 14.7 Å². The van der Waals surface area contributed by atoms with Crippen LogP contribution in [0.5, 0.6) is 23.0 Å². The molecule has 0 bridgehead atoms. The van der Waals surface area contributed by atoms with Crippen LogP contribution in [0.2, 0.25) is 0 Å². The normalized spacial score (nSPS) is 19.7. The van der Waals surface area contributed by atoms with Gasteiger partial charge in [-0.1, -0.05) is 0 Å². The average Bonchev–Trinajstić information content (AvgIpc) is 3.43. The summed E-state index contributed by atoms with van der Waals surface area (Å²) >= 11 is 0. The van der Waals surface area contributed by atoms with Gasteiger partial charge in [-0.15, -0.1) is 0 Å². The van der Waals surface area contributed by atoms with Gasteiger partial charge in [0.2, 0.25) is 5.75 Å². The number of nitrogens with zero attached hydrogens (tertiary/aromatic N) is 2. The molecule has 0 aliphatic carbocycles. The molecule has 5 rings (SSSR count). The lowest BCUT2D eigenvalue weighted by Gasteiger charge is -2.26. The fourth-order valence-electron chi connectivity index (χ4n) is 5.06. The zero-order valence-electron chi connectivity index (χ0n) is 21.6. The van der Waals surface area contributed by atoms with Gasteiger partial charge in [-0.3, -0.25) is 14.6 Å². The van der Waals surface area contributed by atoms with Crippen molar-refractivity contribution in [3.63, 3.8) is 0 Å². The predicted octanol–water partition coefficient (Wildman–Crippen LogP) is 4.05. The number of carbonyl (C=O) groups is 2. The molecule has 9 heteroatoms. The lowest BCUT2D eigenvalue weighted by Crippen LogP contribution is -2.29. The molecule has 0 spiro atoms. The number of amides is 1. The number of Topliss-reactive ketones (excluding diaryl/α,β-unsaturated/α-hetero) is 1. The van der Waals surface area contributed by atoms with Crippen LogP contribution < -0.4 is 18.9 Å². The Morgan fingerprint density at radius 2 is 1.71 bits per heavy atom. The fraction of sp³-hybridized carbons (Fsp3) is 0.276. The number of methoxy groups -OCH3 is 3. The number of fused-ring (bicyclic) bond motifs is 1. The first kappa shape index (κ1) is 25.1. The van der Waals surface area contributed by atoms with Gasteiger partial charge in [-0.2, -0.15) is 0 Å². The highest BCUT2D eigenvalue weighted by Crippen LogP contribution is 2.46. The van der Waals surface area contributed by atoms with E-state index in [1.165, 1.54) is 26.2 Å². The van der Waals surface area contributed by atoms with E-state index < -0.39 is 17.7 Å². The molecular formula is C29H28N2O7. The van der Waals surface area contributed by atoms with Gasteiger partial charge in [0.05, 0.1) is 32.9 Å². The van der Waals surface area contributed by atoms with Gasteiger partial charge in [-0.05, 0) is 66.1 Å². The molecule has 38 heavy (non-hydrogen) atoms. The summed E-state index contributed by atoms with van der Waals surface area (Å²) in [4.78, 5) is 32.4. The Hall–Kier alpha value is -4.53. The highest BCUT2D eigenvalue weighted by molar-refractivity contribution is 6.46. The van der Waals surface area contributed by atoms with E-state index in [2.05, 4.69) is 4.98 Å². The number of carbonyl (C=O) groups excluding carboxylic acids is 2. The van der Waals surface area contributed by atoms with Crippen LogP contribution in [0.25, 0.3) is 5.76 Å². The standard InChI is InChI=1S/C29H28N2O7/c1-16-11-19-12-18(5-6-21(19)38-16)26(32)24-25(20-13-22(35-2)28(37-4)23(14-20)36-3)31(29(34)27(24)33)15-17-7-9-30-10-8-17/h5-10,12-14,16,25,32H,11,15H2,1-4H3/b26-24+. The van der Waals surface area contributed by atoms with Crippen LogP contribution in [0, 0.1) is 0 Å². The van der Waals surface area contributed by atoms with Gasteiger partial charge >= 0.3 is 0 Å². The largest absolute Gasteiger partial charge is 0.507 e. The van der Waals surface area contributed by atoms with Crippen molar-refractivity contribution >= 4 is 17.4 Å². The Morgan fingerprint density at radius 3 is 2.34 bits per heavy atom. The van der Waals surface area contributed by atoms with Crippen LogP contribution in [0.3, 0.4) is 0 Å². The molecule has 0 radical (unpaired) electrons. The zero-order valence-corrected chi connectivity index (χ0v) is 21.6. The molecule has 2 unspecified atom stereocenters. The number of benzene rings is 2. The van der Waals surface area contributed by atoms with Crippen molar-refractivity contribution in [3.05, 3.63) is 82.7 Å². The molecule has 1 fully saturated rings. The minimum atomic E-state index is -0.916. The minimum Gasteiger partial charge on any atom is -0.507 e. The van der Waals surface area contributed by atoms with E-state index in [1.54, 1.807) is 54.9 Å². The van der Waals surface area contributed by atoms with E-state index in [0.717, 1.165) is 16.9 Å². The van der Waals surface area contributed by atoms with Gasteiger partial charge in [0.25, 0.3) is 11.7 Å². The van der Waals surface area contributed by atoms with Crippen LogP contribution in [0.15, 0.2) is 60.4 Å². The highest BCUT2D eigenvalue weighted by Gasteiger charge is 2.46. The van der Waals surface area contributed by atoms with E-state index in [4.69, 9.17) is 18.9 Å². The second-order valence-corrected chi connectivity index (χ2v) is 9.20. The van der Waals surface area contributed by atoms with Crippen molar-refractivity contribution in [2.75, 3.05) is 21.3 Å². The smallest absolute Gasteiger partial charge is 0.295 e. The second-order valence-electron chi connectivity index (χ2n) is 9.20. The molecule has 1 amide bonds. The summed E-state index contributed by atoms with van der Waals surface area (Å²) in [5.41, 5.74) is 2.64. The summed E-state index contributed by atoms with van der Waals surface area (Å²) in [6.45, 7) is 2.09. The number of aromatic nitrogens is 1. The first-order valence-electron chi connectivity index (χ1n) is 12.1. The third-order valence-corrected chi connectivity index (χ3v) is 6.81. The molecule has 1 N–H and O–H groups in total. The molecular weight excluding hydrogens is 488 g/mol. The van der Waals surface area contributed by atoms with Crippen molar-refractivity contribution < 1.29 is 33.6 Å². The maximum absolute atomic E-state index is 13.5. The number of aliphatic hydroxyl groups is 1. The summed E-state index contributed by atoms with van der Waals surface area (Å²) in [7, 11) is 4.47. The number of ether oxygens (including phenoxy) is 4. The molecule has 2 atom stereocenters. The number of likely N-dealkylation sites (tertiary alicyclic amines) is 1. The van der Waals surface area contributed by atoms with Crippen molar-refractivity contribution in [1.82, 2.24) is 9.88 Å². The second kappa shape index (κ2) is 10.1. The van der Waals surface area contributed by atoms with Crippen LogP contribution >= 0.6 is 0 Å². The Kier molecular flexibility index (Phi) is 6.67. The Labute approximate surface area is 220 Å². The molecule has 9 nitrogen and oxygen atoms in total. The van der Waals surface area contributed by atoms with Crippen LogP contribution in [0.4, 0.5) is 0 Å². The van der Waals surface area contributed by atoms with Crippen LogP contribution in [-0.4, -0.2) is 54.1 Å². The van der Waals surface area contributed by atoms with E-state index in [-0.39, 0.29) is 24.0 Å². The molecule has 1 aromatic heterocycles. The number of hydrogen-bond donors (Lipinski definition) is 1. The number of hydrogen-bond acceptors (Lipinski definition) is 8. The minimum absolute atomic E-state index is 0.0209. The van der Waals surface area contributed by atoms with E-state index in [1.807, 2.05) is 6.92 Å². The van der Waals surface area contributed by atoms with Crippen LogP contribution in [0.1, 0.15) is 35.2 Å². The molecule has 1 saturated heterocycles. The lowest BCUT2D eigenvalue weighted by molar-refractivity contribution is -0.140. The van der Waals surface area contributed by atoms with Gasteiger partial charge < -0.3 is 29.0 Å². The lowest BCUT2D eigenvalue weighted by atomic mass is 9.93. The molecule has 3 heterocycles. The molecule has 2 aromatic carbocycles. The Bertz CT molecular complexity index is 1410. The average molecular weight is 517 g/mol. The quantitative estimate of drug-likeness (QED) is 0.285. The molecule has 3 aromatic rings. The summed E-state index contributed by atoms with van der Waals surface area (Å²) < 4.78 is 22.3. The maximum atomic E-state index is 13.5. The first-order valence-corrected chi connectivity index (χ1v) is 12.1. The maximum Gasteiger partial charge on any atom is 0.295 e.